The van der Waals surface area contributed by atoms with E-state index in [0.29, 0.717) is 17.6 Å². The van der Waals surface area contributed by atoms with Gasteiger partial charge in [-0.2, -0.15) is 0 Å². The quantitative estimate of drug-likeness (QED) is 0.762. The lowest BCUT2D eigenvalue weighted by Gasteiger charge is -2.29. The fourth-order valence-corrected chi connectivity index (χ4v) is 2.91. The first kappa shape index (κ1) is 13.6. The van der Waals surface area contributed by atoms with Crippen LogP contribution in [0.1, 0.15) is 49.9 Å². The van der Waals surface area contributed by atoms with E-state index in [0.717, 1.165) is 16.6 Å². The van der Waals surface area contributed by atoms with Crippen molar-refractivity contribution in [1.82, 2.24) is 0 Å². The zero-order chi connectivity index (χ0) is 13.1. The van der Waals surface area contributed by atoms with E-state index in [2.05, 4.69) is 22.9 Å². The predicted molar refractivity (Wildman–Crippen MR) is 76.2 cm³/mol. The Bertz CT molecular complexity index is 442. The zero-order valence-electron chi connectivity index (χ0n) is 10.9. The van der Waals surface area contributed by atoms with Crippen molar-refractivity contribution < 1.29 is 9.53 Å². The largest absolute Gasteiger partial charge is 0.489 e. The molecule has 0 spiro atoms. The van der Waals surface area contributed by atoms with Crippen molar-refractivity contribution in [3.8, 4) is 5.75 Å². The maximum absolute atomic E-state index is 11.3. The Hall–Kier alpha value is -0.830. The summed E-state index contributed by atoms with van der Waals surface area (Å²) >= 11 is 3.48. The van der Waals surface area contributed by atoms with Gasteiger partial charge in [0.15, 0.2) is 5.78 Å². The number of hydrogen-bond donors (Lipinski definition) is 0. The van der Waals surface area contributed by atoms with Gasteiger partial charge in [0.25, 0.3) is 0 Å². The van der Waals surface area contributed by atoms with Crippen molar-refractivity contribution in [3.63, 3.8) is 0 Å². The van der Waals surface area contributed by atoms with Gasteiger partial charge in [-0.25, -0.2) is 0 Å². The highest BCUT2D eigenvalue weighted by molar-refractivity contribution is 9.10. The molecule has 1 aromatic carbocycles. The number of benzene rings is 1. The summed E-state index contributed by atoms with van der Waals surface area (Å²) in [5.74, 6) is 1.53. The molecule has 0 aliphatic heterocycles. The van der Waals surface area contributed by atoms with Gasteiger partial charge in [0, 0.05) is 5.56 Å². The van der Waals surface area contributed by atoms with Crippen molar-refractivity contribution in [2.45, 2.75) is 45.6 Å². The number of ketones is 1. The first-order chi connectivity index (χ1) is 8.58. The normalized spacial score (nSPS) is 23.7. The molecule has 0 aromatic heterocycles. The lowest BCUT2D eigenvalue weighted by molar-refractivity contribution is 0.101. The van der Waals surface area contributed by atoms with Crippen LogP contribution in [0.4, 0.5) is 0 Å². The van der Waals surface area contributed by atoms with Crippen LogP contribution in [0.25, 0.3) is 0 Å². The van der Waals surface area contributed by atoms with Gasteiger partial charge >= 0.3 is 0 Å². The average Bonchev–Trinajstić information content (AvgIpc) is 2.34. The predicted octanol–water partition coefficient (Wildman–Crippen LogP) is 4.61. The molecule has 0 bridgehead atoms. The summed E-state index contributed by atoms with van der Waals surface area (Å²) in [7, 11) is 0. The third kappa shape index (κ3) is 3.14. The number of rotatable bonds is 3. The third-order valence-electron chi connectivity index (χ3n) is 3.65. The Labute approximate surface area is 117 Å². The van der Waals surface area contributed by atoms with Gasteiger partial charge < -0.3 is 4.74 Å². The molecular formula is C15H19BrO2. The molecule has 0 heterocycles. The molecule has 1 aliphatic carbocycles. The van der Waals surface area contributed by atoms with Crippen molar-refractivity contribution in [1.29, 1.82) is 0 Å². The van der Waals surface area contributed by atoms with Gasteiger partial charge in [-0.1, -0.05) is 13.3 Å². The maximum Gasteiger partial charge on any atom is 0.159 e. The van der Waals surface area contributed by atoms with E-state index in [9.17, 15) is 4.79 Å². The summed E-state index contributed by atoms with van der Waals surface area (Å²) < 4.78 is 6.94. The summed E-state index contributed by atoms with van der Waals surface area (Å²) in [5, 5.41) is 0. The molecule has 0 radical (unpaired) electrons. The Morgan fingerprint density at radius 1 is 1.33 bits per heavy atom. The smallest absolute Gasteiger partial charge is 0.159 e. The molecule has 0 saturated heterocycles. The Balaban J connectivity index is 2.11. The summed E-state index contributed by atoms with van der Waals surface area (Å²) in [6.45, 7) is 3.83. The molecule has 0 amide bonds. The SMILES string of the molecule is CC(=O)c1ccc(OC2CCCCC2C)c(Br)c1. The monoisotopic (exact) mass is 310 g/mol. The highest BCUT2D eigenvalue weighted by atomic mass is 79.9. The van der Waals surface area contributed by atoms with E-state index < -0.39 is 0 Å². The van der Waals surface area contributed by atoms with Crippen LogP contribution < -0.4 is 4.74 Å². The molecule has 2 unspecified atom stereocenters. The number of hydrogen-bond acceptors (Lipinski definition) is 2. The second-order valence-electron chi connectivity index (χ2n) is 5.12. The summed E-state index contributed by atoms with van der Waals surface area (Å²) in [6, 6.07) is 5.56. The van der Waals surface area contributed by atoms with Crippen LogP contribution in [0.2, 0.25) is 0 Å². The molecule has 2 nitrogen and oxygen atoms in total. The van der Waals surface area contributed by atoms with Crippen LogP contribution in [0, 0.1) is 5.92 Å². The van der Waals surface area contributed by atoms with Crippen molar-refractivity contribution in [2.24, 2.45) is 5.92 Å². The second kappa shape index (κ2) is 5.87. The first-order valence-electron chi connectivity index (χ1n) is 6.55. The van der Waals surface area contributed by atoms with Crippen LogP contribution in [0.3, 0.4) is 0 Å². The Kier molecular flexibility index (Phi) is 4.44. The van der Waals surface area contributed by atoms with E-state index >= 15 is 0 Å². The summed E-state index contributed by atoms with van der Waals surface area (Å²) in [6.07, 6.45) is 5.23. The van der Waals surface area contributed by atoms with E-state index in [1.54, 1.807) is 6.92 Å². The molecule has 0 N–H and O–H groups in total. The molecule has 1 saturated carbocycles. The molecule has 2 rings (SSSR count). The maximum atomic E-state index is 11.3. The van der Waals surface area contributed by atoms with Crippen LogP contribution in [0.15, 0.2) is 22.7 Å². The summed E-state index contributed by atoms with van der Waals surface area (Å²) in [5.41, 5.74) is 0.714. The Morgan fingerprint density at radius 2 is 2.06 bits per heavy atom. The van der Waals surface area contributed by atoms with Gasteiger partial charge in [0.1, 0.15) is 11.9 Å². The van der Waals surface area contributed by atoms with Crippen LogP contribution >= 0.6 is 15.9 Å². The Morgan fingerprint density at radius 3 is 2.67 bits per heavy atom. The zero-order valence-corrected chi connectivity index (χ0v) is 12.5. The molecule has 1 aromatic rings. The topological polar surface area (TPSA) is 26.3 Å². The second-order valence-corrected chi connectivity index (χ2v) is 5.97. The highest BCUT2D eigenvalue weighted by Crippen LogP contribution is 2.32. The lowest BCUT2D eigenvalue weighted by Crippen LogP contribution is -2.28. The minimum absolute atomic E-state index is 0.0771. The molecular weight excluding hydrogens is 292 g/mol. The van der Waals surface area contributed by atoms with Crippen molar-refractivity contribution in [3.05, 3.63) is 28.2 Å². The average molecular weight is 311 g/mol. The van der Waals surface area contributed by atoms with Crippen LogP contribution in [0.5, 0.6) is 5.75 Å². The molecule has 1 fully saturated rings. The highest BCUT2D eigenvalue weighted by Gasteiger charge is 2.23. The molecule has 98 valence electrons. The van der Waals surface area contributed by atoms with Gasteiger partial charge in [-0.15, -0.1) is 0 Å². The molecule has 18 heavy (non-hydrogen) atoms. The van der Waals surface area contributed by atoms with E-state index in [1.165, 1.54) is 19.3 Å². The van der Waals surface area contributed by atoms with Gasteiger partial charge in [0.05, 0.1) is 4.47 Å². The number of ether oxygens (including phenoxy) is 1. The fraction of sp³-hybridized carbons (Fsp3) is 0.533. The minimum Gasteiger partial charge on any atom is -0.489 e. The lowest BCUT2D eigenvalue weighted by atomic mass is 9.88. The van der Waals surface area contributed by atoms with Gasteiger partial charge in [-0.3, -0.25) is 4.79 Å². The number of Topliss-reactive ketones (excluding diaryl/α,β-unsaturated/α-hetero) is 1. The standard InChI is InChI=1S/C15H19BrO2/c1-10-5-3-4-6-14(10)18-15-8-7-12(11(2)17)9-13(15)16/h7-10,14H,3-6H2,1-2H3. The third-order valence-corrected chi connectivity index (χ3v) is 4.27. The van der Waals surface area contributed by atoms with Gasteiger partial charge in [-0.05, 0) is 66.2 Å². The first-order valence-corrected chi connectivity index (χ1v) is 7.34. The minimum atomic E-state index is 0.0771. The van der Waals surface area contributed by atoms with Crippen LogP contribution in [-0.2, 0) is 0 Å². The van der Waals surface area contributed by atoms with E-state index in [1.807, 2.05) is 18.2 Å². The number of carbonyl (C=O) groups is 1. The molecule has 3 heteroatoms. The van der Waals surface area contributed by atoms with Crippen molar-refractivity contribution in [2.75, 3.05) is 0 Å². The number of carbonyl (C=O) groups excluding carboxylic acids is 1. The number of halogens is 1. The van der Waals surface area contributed by atoms with E-state index in [-0.39, 0.29) is 5.78 Å². The van der Waals surface area contributed by atoms with Crippen LogP contribution in [-0.4, -0.2) is 11.9 Å². The molecule has 2 atom stereocenters. The van der Waals surface area contributed by atoms with Crippen molar-refractivity contribution >= 4 is 21.7 Å². The van der Waals surface area contributed by atoms with Gasteiger partial charge in [0.2, 0.25) is 0 Å². The summed E-state index contributed by atoms with van der Waals surface area (Å²) in [4.78, 5) is 11.3. The molecule has 1 aliphatic rings. The van der Waals surface area contributed by atoms with E-state index in [4.69, 9.17) is 4.74 Å². The fourth-order valence-electron chi connectivity index (χ4n) is 2.44.